The standard InChI is InChI=1S/C12H18F3N3/c1-8(2)18-10(5-7-17-18)11-9(12(13,14)15)4-3-6-16-11/h5,7-9,11,16H,3-4,6H2,1-2H3. The second-order valence-corrected chi connectivity index (χ2v) is 5.02. The lowest BCUT2D eigenvalue weighted by Gasteiger charge is -2.34. The maximum atomic E-state index is 13.0. The Balaban J connectivity index is 2.31. The van der Waals surface area contributed by atoms with E-state index in [0.717, 1.165) is 0 Å². The number of nitrogens with one attached hydrogen (secondary N) is 1. The summed E-state index contributed by atoms with van der Waals surface area (Å²) in [5, 5.41) is 7.11. The van der Waals surface area contributed by atoms with Crippen molar-refractivity contribution in [2.45, 2.75) is 44.9 Å². The zero-order valence-corrected chi connectivity index (χ0v) is 10.5. The highest BCUT2D eigenvalue weighted by molar-refractivity contribution is 5.11. The van der Waals surface area contributed by atoms with E-state index in [-0.39, 0.29) is 12.5 Å². The maximum absolute atomic E-state index is 13.0. The maximum Gasteiger partial charge on any atom is 0.393 e. The normalized spacial score (nSPS) is 25.7. The summed E-state index contributed by atoms with van der Waals surface area (Å²) in [6, 6.07) is 1.07. The van der Waals surface area contributed by atoms with Crippen molar-refractivity contribution in [2.24, 2.45) is 5.92 Å². The summed E-state index contributed by atoms with van der Waals surface area (Å²) in [7, 11) is 0. The third kappa shape index (κ3) is 2.53. The van der Waals surface area contributed by atoms with Gasteiger partial charge in [-0.3, -0.25) is 4.68 Å². The molecule has 102 valence electrons. The minimum Gasteiger partial charge on any atom is -0.308 e. The molecule has 1 N–H and O–H groups in total. The van der Waals surface area contributed by atoms with E-state index in [1.54, 1.807) is 16.9 Å². The van der Waals surface area contributed by atoms with Crippen molar-refractivity contribution in [1.82, 2.24) is 15.1 Å². The highest BCUT2D eigenvalue weighted by atomic mass is 19.4. The second kappa shape index (κ2) is 4.91. The number of alkyl halides is 3. The van der Waals surface area contributed by atoms with Gasteiger partial charge in [0, 0.05) is 12.2 Å². The fourth-order valence-electron chi connectivity index (χ4n) is 2.55. The number of aromatic nitrogens is 2. The molecule has 0 amide bonds. The average molecular weight is 261 g/mol. The molecule has 1 aromatic rings. The van der Waals surface area contributed by atoms with Gasteiger partial charge in [0.2, 0.25) is 0 Å². The van der Waals surface area contributed by atoms with E-state index in [0.29, 0.717) is 18.7 Å². The molecule has 2 unspecified atom stereocenters. The molecule has 2 rings (SSSR count). The van der Waals surface area contributed by atoms with Crippen LogP contribution in [0.1, 0.15) is 44.5 Å². The summed E-state index contributed by atoms with van der Waals surface area (Å²) in [4.78, 5) is 0. The molecular weight excluding hydrogens is 243 g/mol. The quantitative estimate of drug-likeness (QED) is 0.886. The third-order valence-electron chi connectivity index (χ3n) is 3.39. The molecule has 0 spiro atoms. The molecule has 2 atom stereocenters. The highest BCUT2D eigenvalue weighted by Gasteiger charge is 2.47. The van der Waals surface area contributed by atoms with E-state index in [9.17, 15) is 13.2 Å². The van der Waals surface area contributed by atoms with Crippen LogP contribution in [0.2, 0.25) is 0 Å². The molecule has 0 aliphatic carbocycles. The molecule has 1 fully saturated rings. The molecule has 1 aliphatic rings. The summed E-state index contributed by atoms with van der Waals surface area (Å²) in [5.41, 5.74) is 0.632. The zero-order chi connectivity index (χ0) is 13.3. The van der Waals surface area contributed by atoms with Gasteiger partial charge in [0.25, 0.3) is 0 Å². The number of hydrogen-bond donors (Lipinski definition) is 1. The third-order valence-corrected chi connectivity index (χ3v) is 3.39. The SMILES string of the molecule is CC(C)n1nccc1C1NCCCC1C(F)(F)F. The molecule has 0 radical (unpaired) electrons. The first-order chi connectivity index (χ1) is 8.41. The minimum atomic E-state index is -4.16. The summed E-state index contributed by atoms with van der Waals surface area (Å²) >= 11 is 0. The Hall–Kier alpha value is -1.04. The van der Waals surface area contributed by atoms with E-state index in [4.69, 9.17) is 0 Å². The molecule has 3 nitrogen and oxygen atoms in total. The van der Waals surface area contributed by atoms with E-state index in [2.05, 4.69) is 10.4 Å². The van der Waals surface area contributed by atoms with Crippen LogP contribution >= 0.6 is 0 Å². The van der Waals surface area contributed by atoms with Gasteiger partial charge in [-0.05, 0) is 39.3 Å². The lowest BCUT2D eigenvalue weighted by molar-refractivity contribution is -0.189. The summed E-state index contributed by atoms with van der Waals surface area (Å²) in [6.07, 6.45) is -1.84. The molecule has 6 heteroatoms. The van der Waals surface area contributed by atoms with Gasteiger partial charge in [-0.1, -0.05) is 0 Å². The van der Waals surface area contributed by atoms with Gasteiger partial charge in [0.1, 0.15) is 0 Å². The van der Waals surface area contributed by atoms with Crippen LogP contribution < -0.4 is 5.32 Å². The van der Waals surface area contributed by atoms with Crippen LogP contribution in [0.3, 0.4) is 0 Å². The van der Waals surface area contributed by atoms with Gasteiger partial charge < -0.3 is 5.32 Å². The van der Waals surface area contributed by atoms with Crippen molar-refractivity contribution in [3.63, 3.8) is 0 Å². The van der Waals surface area contributed by atoms with Crippen LogP contribution in [0.4, 0.5) is 13.2 Å². The van der Waals surface area contributed by atoms with Crippen molar-refractivity contribution in [3.05, 3.63) is 18.0 Å². The van der Waals surface area contributed by atoms with Gasteiger partial charge >= 0.3 is 6.18 Å². The van der Waals surface area contributed by atoms with Gasteiger partial charge in [-0.15, -0.1) is 0 Å². The second-order valence-electron chi connectivity index (χ2n) is 5.02. The van der Waals surface area contributed by atoms with E-state index in [1.807, 2.05) is 13.8 Å². The number of nitrogens with zero attached hydrogens (tertiary/aromatic N) is 2. The van der Waals surface area contributed by atoms with Crippen LogP contribution in [0.5, 0.6) is 0 Å². The predicted octanol–water partition coefficient (Wildman–Crippen LogP) is 3.07. The number of piperidine rings is 1. The first-order valence-corrected chi connectivity index (χ1v) is 6.24. The van der Waals surface area contributed by atoms with Gasteiger partial charge in [0.05, 0.1) is 17.7 Å². The molecule has 0 saturated carbocycles. The van der Waals surface area contributed by atoms with Crippen molar-refractivity contribution in [3.8, 4) is 0 Å². The highest BCUT2D eigenvalue weighted by Crippen LogP contribution is 2.41. The Labute approximate surface area is 104 Å². The summed E-state index contributed by atoms with van der Waals surface area (Å²) in [6.45, 7) is 4.46. The molecular formula is C12H18F3N3. The summed E-state index contributed by atoms with van der Waals surface area (Å²) in [5.74, 6) is -1.32. The number of halogens is 3. The van der Waals surface area contributed by atoms with Crippen LogP contribution in [0.15, 0.2) is 12.3 Å². The van der Waals surface area contributed by atoms with Crippen LogP contribution in [0, 0.1) is 5.92 Å². The average Bonchev–Trinajstić information content (AvgIpc) is 2.76. The molecule has 18 heavy (non-hydrogen) atoms. The molecule has 1 aliphatic heterocycles. The van der Waals surface area contributed by atoms with Crippen LogP contribution in [-0.4, -0.2) is 22.5 Å². The molecule has 1 saturated heterocycles. The topological polar surface area (TPSA) is 29.9 Å². The zero-order valence-electron chi connectivity index (χ0n) is 10.5. The Kier molecular flexibility index (Phi) is 3.66. The van der Waals surface area contributed by atoms with E-state index in [1.165, 1.54) is 0 Å². The molecule has 1 aromatic heterocycles. The van der Waals surface area contributed by atoms with Crippen molar-refractivity contribution >= 4 is 0 Å². The van der Waals surface area contributed by atoms with Crippen molar-refractivity contribution in [1.29, 1.82) is 0 Å². The first kappa shape index (κ1) is 13.4. The van der Waals surface area contributed by atoms with E-state index < -0.39 is 18.1 Å². The first-order valence-electron chi connectivity index (χ1n) is 6.24. The van der Waals surface area contributed by atoms with Gasteiger partial charge in [0.15, 0.2) is 0 Å². The Bertz CT molecular complexity index is 398. The smallest absolute Gasteiger partial charge is 0.308 e. The minimum absolute atomic E-state index is 0.0626. The van der Waals surface area contributed by atoms with Crippen molar-refractivity contribution in [2.75, 3.05) is 6.54 Å². The predicted molar refractivity (Wildman–Crippen MR) is 62.1 cm³/mol. The molecule has 2 heterocycles. The lowest BCUT2D eigenvalue weighted by Crippen LogP contribution is -2.42. The molecule has 0 aromatic carbocycles. The van der Waals surface area contributed by atoms with E-state index >= 15 is 0 Å². The number of rotatable bonds is 2. The summed E-state index contributed by atoms with van der Waals surface area (Å²) < 4.78 is 40.8. The van der Waals surface area contributed by atoms with Crippen LogP contribution in [0.25, 0.3) is 0 Å². The van der Waals surface area contributed by atoms with Gasteiger partial charge in [-0.25, -0.2) is 0 Å². The fourth-order valence-corrected chi connectivity index (χ4v) is 2.55. The fraction of sp³-hybridized carbons (Fsp3) is 0.750. The van der Waals surface area contributed by atoms with Gasteiger partial charge in [-0.2, -0.15) is 18.3 Å². The number of hydrogen-bond acceptors (Lipinski definition) is 2. The Morgan fingerprint density at radius 3 is 2.78 bits per heavy atom. The van der Waals surface area contributed by atoms with Crippen LogP contribution in [-0.2, 0) is 0 Å². The largest absolute Gasteiger partial charge is 0.393 e. The monoisotopic (exact) mass is 261 g/mol. The molecule has 0 bridgehead atoms. The Morgan fingerprint density at radius 2 is 2.17 bits per heavy atom. The van der Waals surface area contributed by atoms with Crippen molar-refractivity contribution < 1.29 is 13.2 Å². The Morgan fingerprint density at radius 1 is 1.44 bits per heavy atom. The lowest BCUT2D eigenvalue weighted by atomic mass is 9.88.